The summed E-state index contributed by atoms with van der Waals surface area (Å²) in [7, 11) is 4.11. The van der Waals surface area contributed by atoms with Gasteiger partial charge in [0.2, 0.25) is 0 Å². The van der Waals surface area contributed by atoms with Crippen LogP contribution in [0.15, 0.2) is 60.8 Å². The summed E-state index contributed by atoms with van der Waals surface area (Å²) in [6.07, 6.45) is 1.54. The van der Waals surface area contributed by atoms with Gasteiger partial charge in [0, 0.05) is 17.7 Å². The molecule has 0 N–H and O–H groups in total. The second-order valence-electron chi connectivity index (χ2n) is 6.75. The van der Waals surface area contributed by atoms with Crippen LogP contribution in [0.5, 0.6) is 5.75 Å². The summed E-state index contributed by atoms with van der Waals surface area (Å²) >= 11 is 0. The lowest BCUT2D eigenvalue weighted by Gasteiger charge is -2.26. The normalized spacial score (nSPS) is 17.8. The maximum Gasteiger partial charge on any atom is 0.329 e. The van der Waals surface area contributed by atoms with E-state index in [4.69, 9.17) is 14.2 Å². The Labute approximate surface area is 174 Å². The Kier molecular flexibility index (Phi) is 6.51. The number of amides is 1. The molecule has 0 aliphatic carbocycles. The van der Waals surface area contributed by atoms with Gasteiger partial charge in [0.1, 0.15) is 11.8 Å². The van der Waals surface area contributed by atoms with E-state index in [1.807, 2.05) is 12.1 Å². The Morgan fingerprint density at radius 2 is 1.57 bits per heavy atom. The van der Waals surface area contributed by atoms with E-state index in [0.717, 1.165) is 5.56 Å². The van der Waals surface area contributed by atoms with Gasteiger partial charge in [-0.1, -0.05) is 30.3 Å². The van der Waals surface area contributed by atoms with Crippen molar-refractivity contribution in [3.8, 4) is 5.75 Å². The summed E-state index contributed by atoms with van der Waals surface area (Å²) in [5.41, 5.74) is 1.86. The van der Waals surface area contributed by atoms with Gasteiger partial charge in [0.25, 0.3) is 5.91 Å². The first-order valence-corrected chi connectivity index (χ1v) is 9.38. The van der Waals surface area contributed by atoms with E-state index >= 15 is 0 Å². The molecule has 0 unspecified atom stereocenters. The molecule has 0 radical (unpaired) electrons. The van der Waals surface area contributed by atoms with Gasteiger partial charge in [-0.05, 0) is 35.4 Å². The lowest BCUT2D eigenvalue weighted by molar-refractivity contribution is -0.147. The molecule has 156 valence electrons. The van der Waals surface area contributed by atoms with Crippen molar-refractivity contribution in [2.24, 2.45) is 5.92 Å². The minimum Gasteiger partial charge on any atom is -0.497 e. The zero-order valence-corrected chi connectivity index (χ0v) is 17.0. The molecule has 0 fully saturated rings. The van der Waals surface area contributed by atoms with E-state index in [9.17, 15) is 14.4 Å². The fourth-order valence-corrected chi connectivity index (χ4v) is 3.56. The highest BCUT2D eigenvalue weighted by Crippen LogP contribution is 2.39. The summed E-state index contributed by atoms with van der Waals surface area (Å²) in [5.74, 6) is -1.39. The van der Waals surface area contributed by atoms with E-state index in [1.54, 1.807) is 55.8 Å². The van der Waals surface area contributed by atoms with Crippen LogP contribution in [-0.2, 0) is 19.1 Å². The number of nitrogens with zero attached hydrogens (tertiary/aromatic N) is 1. The van der Waals surface area contributed by atoms with Crippen molar-refractivity contribution in [3.63, 3.8) is 0 Å². The summed E-state index contributed by atoms with van der Waals surface area (Å²) in [5, 5.41) is 0. The predicted octanol–water partition coefficient (Wildman–Crippen LogP) is 2.91. The highest BCUT2D eigenvalue weighted by Gasteiger charge is 2.45. The minimum atomic E-state index is -0.987. The third-order valence-electron chi connectivity index (χ3n) is 5.09. The van der Waals surface area contributed by atoms with Gasteiger partial charge < -0.3 is 14.2 Å². The second kappa shape index (κ2) is 9.26. The Morgan fingerprint density at radius 3 is 2.13 bits per heavy atom. The number of hydrogen-bond acceptors (Lipinski definition) is 6. The van der Waals surface area contributed by atoms with Crippen LogP contribution in [0, 0.1) is 5.92 Å². The van der Waals surface area contributed by atoms with Crippen LogP contribution in [0.1, 0.15) is 22.3 Å². The van der Waals surface area contributed by atoms with Crippen molar-refractivity contribution >= 4 is 23.4 Å². The van der Waals surface area contributed by atoms with E-state index < -0.39 is 23.9 Å². The van der Waals surface area contributed by atoms with E-state index in [2.05, 4.69) is 0 Å². The Morgan fingerprint density at radius 1 is 0.900 bits per heavy atom. The number of rotatable bonds is 6. The number of ether oxygens (including phenoxy) is 3. The van der Waals surface area contributed by atoms with Crippen LogP contribution in [-0.4, -0.2) is 50.1 Å². The third kappa shape index (κ3) is 4.20. The maximum absolute atomic E-state index is 13.2. The standard InChI is InChI=1S/C23H23NO6/c1-28-17-11-9-15(10-12-17)19-14-24(22(26)16-7-5-4-6-8-16)21(23(27)30-3)18(19)13-20(25)29-2/h4-12,14,18,21H,13H2,1-3H3/t18-,21-/m0/s1. The summed E-state index contributed by atoms with van der Waals surface area (Å²) < 4.78 is 15.0. The Balaban J connectivity index is 2.08. The molecule has 7 nitrogen and oxygen atoms in total. The minimum absolute atomic E-state index is 0.0767. The van der Waals surface area contributed by atoms with E-state index in [-0.39, 0.29) is 12.3 Å². The van der Waals surface area contributed by atoms with E-state index in [1.165, 1.54) is 19.1 Å². The molecule has 1 heterocycles. The summed E-state index contributed by atoms with van der Waals surface area (Å²) in [6, 6.07) is 14.8. The molecule has 2 aromatic rings. The van der Waals surface area contributed by atoms with Gasteiger partial charge in [-0.2, -0.15) is 0 Å². The monoisotopic (exact) mass is 409 g/mol. The number of hydrogen-bond donors (Lipinski definition) is 0. The van der Waals surface area contributed by atoms with Crippen molar-refractivity contribution in [2.45, 2.75) is 12.5 Å². The highest BCUT2D eigenvalue weighted by molar-refractivity contribution is 6.00. The average molecular weight is 409 g/mol. The second-order valence-corrected chi connectivity index (χ2v) is 6.75. The van der Waals surface area contributed by atoms with Gasteiger partial charge >= 0.3 is 11.9 Å². The lowest BCUT2D eigenvalue weighted by atomic mass is 9.87. The van der Waals surface area contributed by atoms with Crippen LogP contribution in [0.4, 0.5) is 0 Å². The van der Waals surface area contributed by atoms with Crippen molar-refractivity contribution in [1.29, 1.82) is 0 Å². The predicted molar refractivity (Wildman–Crippen MR) is 110 cm³/mol. The van der Waals surface area contributed by atoms with Crippen LogP contribution in [0.3, 0.4) is 0 Å². The molecule has 1 aliphatic rings. The zero-order valence-electron chi connectivity index (χ0n) is 17.0. The van der Waals surface area contributed by atoms with Crippen LogP contribution >= 0.6 is 0 Å². The molecular formula is C23H23NO6. The molecule has 0 bridgehead atoms. The first-order valence-electron chi connectivity index (χ1n) is 9.38. The molecule has 30 heavy (non-hydrogen) atoms. The Bertz CT molecular complexity index is 951. The SMILES string of the molecule is COC(=O)C[C@H]1C(c2ccc(OC)cc2)=CN(C(=O)c2ccccc2)[C@@H]1C(=O)OC. The Hall–Kier alpha value is -3.61. The molecular weight excluding hydrogens is 386 g/mol. The molecule has 7 heteroatoms. The lowest BCUT2D eigenvalue weighted by Crippen LogP contribution is -2.44. The van der Waals surface area contributed by atoms with Crippen LogP contribution in [0.2, 0.25) is 0 Å². The topological polar surface area (TPSA) is 82.1 Å². The maximum atomic E-state index is 13.2. The smallest absolute Gasteiger partial charge is 0.329 e. The van der Waals surface area contributed by atoms with E-state index in [0.29, 0.717) is 16.9 Å². The first kappa shape index (κ1) is 21.1. The van der Waals surface area contributed by atoms with Crippen LogP contribution < -0.4 is 4.74 Å². The number of benzene rings is 2. The van der Waals surface area contributed by atoms with Crippen LogP contribution in [0.25, 0.3) is 5.57 Å². The van der Waals surface area contributed by atoms with Gasteiger partial charge in [-0.25, -0.2) is 4.79 Å². The van der Waals surface area contributed by atoms with Crippen molar-refractivity contribution in [1.82, 2.24) is 4.90 Å². The number of carbonyl (C=O) groups is 3. The fraction of sp³-hybridized carbons (Fsp3) is 0.261. The van der Waals surface area contributed by atoms with Gasteiger partial charge in [0.05, 0.1) is 27.8 Å². The van der Waals surface area contributed by atoms with Crippen molar-refractivity contribution in [2.75, 3.05) is 21.3 Å². The molecule has 2 atom stereocenters. The molecule has 0 aromatic heterocycles. The summed E-state index contributed by atoms with van der Waals surface area (Å²) in [4.78, 5) is 39.4. The van der Waals surface area contributed by atoms with Crippen molar-refractivity contribution < 1.29 is 28.6 Å². The number of methoxy groups -OCH3 is 3. The highest BCUT2D eigenvalue weighted by atomic mass is 16.5. The number of esters is 2. The van der Waals surface area contributed by atoms with Gasteiger partial charge in [0.15, 0.2) is 0 Å². The molecule has 1 aliphatic heterocycles. The molecule has 3 rings (SSSR count). The molecule has 2 aromatic carbocycles. The average Bonchev–Trinajstić information content (AvgIpc) is 3.17. The number of carbonyl (C=O) groups excluding carboxylic acids is 3. The van der Waals surface area contributed by atoms with Crippen molar-refractivity contribution in [3.05, 3.63) is 71.9 Å². The zero-order chi connectivity index (χ0) is 21.7. The van der Waals surface area contributed by atoms with Gasteiger partial charge in [-0.3, -0.25) is 14.5 Å². The molecule has 0 saturated carbocycles. The molecule has 0 spiro atoms. The largest absolute Gasteiger partial charge is 0.497 e. The fourth-order valence-electron chi connectivity index (χ4n) is 3.56. The molecule has 1 amide bonds. The third-order valence-corrected chi connectivity index (χ3v) is 5.09. The molecule has 0 saturated heterocycles. The van der Waals surface area contributed by atoms with Gasteiger partial charge in [-0.15, -0.1) is 0 Å². The quantitative estimate of drug-likeness (QED) is 0.683. The summed E-state index contributed by atoms with van der Waals surface area (Å²) in [6.45, 7) is 0. The first-order chi connectivity index (χ1) is 14.5.